The van der Waals surface area contributed by atoms with Crippen LogP contribution in [0.3, 0.4) is 0 Å². The van der Waals surface area contributed by atoms with E-state index in [-0.39, 0.29) is 12.6 Å². The topological polar surface area (TPSA) is 61.4 Å². The second-order valence-electron chi connectivity index (χ2n) is 4.16. The molecule has 2 rings (SSSR count). The Bertz CT molecular complexity index is 594. The minimum Gasteiger partial charge on any atom is -0.392 e. The minimum absolute atomic E-state index is 0.00779. The van der Waals surface area contributed by atoms with Crippen LogP contribution in [0, 0.1) is 0 Å². The molecule has 0 aliphatic carbocycles. The molecule has 0 heterocycles. The summed E-state index contributed by atoms with van der Waals surface area (Å²) in [6.45, 7) is -0.00779. The van der Waals surface area contributed by atoms with Gasteiger partial charge in [-0.3, -0.25) is 0 Å². The molecule has 3 N–H and O–H groups in total. The summed E-state index contributed by atoms with van der Waals surface area (Å²) in [5.74, 6) is 0. The third-order valence-electron chi connectivity index (χ3n) is 2.59. The monoisotopic (exact) mass is 268 g/mol. The number of hydrogen-bond donors (Lipinski definition) is 3. The number of amides is 2. The van der Waals surface area contributed by atoms with Crippen molar-refractivity contribution in [2.45, 2.75) is 0 Å². The Labute approximate surface area is 117 Å². The van der Waals surface area contributed by atoms with Crippen LogP contribution in [-0.2, 0) is 0 Å². The molecular formula is C16H16N2O2. The SMILES string of the molecule is O=C(Nc1ccccc1)Nc1cccc(C=CCO)c1. The maximum atomic E-state index is 11.8. The molecule has 2 aromatic rings. The van der Waals surface area contributed by atoms with E-state index in [0.29, 0.717) is 5.69 Å². The number of urea groups is 1. The molecule has 102 valence electrons. The van der Waals surface area contributed by atoms with E-state index in [9.17, 15) is 4.79 Å². The van der Waals surface area contributed by atoms with Crippen LogP contribution in [0.5, 0.6) is 0 Å². The van der Waals surface area contributed by atoms with Gasteiger partial charge in [-0.2, -0.15) is 0 Å². The van der Waals surface area contributed by atoms with Gasteiger partial charge >= 0.3 is 6.03 Å². The van der Waals surface area contributed by atoms with Gasteiger partial charge in [0.2, 0.25) is 0 Å². The molecule has 0 spiro atoms. The first kappa shape index (κ1) is 13.8. The molecule has 0 unspecified atom stereocenters. The number of carbonyl (C=O) groups excluding carboxylic acids is 1. The van der Waals surface area contributed by atoms with Crippen molar-refractivity contribution < 1.29 is 9.90 Å². The fourth-order valence-corrected chi connectivity index (χ4v) is 1.72. The summed E-state index contributed by atoms with van der Waals surface area (Å²) in [5, 5.41) is 14.2. The maximum Gasteiger partial charge on any atom is 0.323 e. The molecule has 2 amide bonds. The van der Waals surface area contributed by atoms with Gasteiger partial charge in [0.15, 0.2) is 0 Å². The number of anilines is 2. The van der Waals surface area contributed by atoms with Gasteiger partial charge in [-0.1, -0.05) is 42.5 Å². The Morgan fingerprint density at radius 1 is 1.00 bits per heavy atom. The molecule has 0 saturated carbocycles. The van der Waals surface area contributed by atoms with Crippen LogP contribution in [0.1, 0.15) is 5.56 Å². The fraction of sp³-hybridized carbons (Fsp3) is 0.0625. The third-order valence-corrected chi connectivity index (χ3v) is 2.59. The van der Waals surface area contributed by atoms with Crippen molar-refractivity contribution in [1.29, 1.82) is 0 Å². The zero-order valence-electron chi connectivity index (χ0n) is 10.9. The van der Waals surface area contributed by atoms with E-state index in [1.54, 1.807) is 18.2 Å². The normalized spacial score (nSPS) is 10.4. The summed E-state index contributed by atoms with van der Waals surface area (Å²) < 4.78 is 0. The lowest BCUT2D eigenvalue weighted by Gasteiger charge is -2.08. The molecule has 0 radical (unpaired) electrons. The molecule has 0 atom stereocenters. The molecule has 0 bridgehead atoms. The van der Waals surface area contributed by atoms with Gasteiger partial charge in [0, 0.05) is 11.4 Å². The second-order valence-corrected chi connectivity index (χ2v) is 4.16. The number of aliphatic hydroxyl groups is 1. The van der Waals surface area contributed by atoms with Gasteiger partial charge in [0.1, 0.15) is 0 Å². The highest BCUT2D eigenvalue weighted by molar-refractivity contribution is 5.99. The van der Waals surface area contributed by atoms with Gasteiger partial charge in [0.25, 0.3) is 0 Å². The molecule has 0 saturated heterocycles. The third kappa shape index (κ3) is 4.26. The number of nitrogens with one attached hydrogen (secondary N) is 2. The molecule has 2 aromatic carbocycles. The van der Waals surface area contributed by atoms with Crippen LogP contribution in [-0.4, -0.2) is 17.7 Å². The highest BCUT2D eigenvalue weighted by atomic mass is 16.2. The summed E-state index contributed by atoms with van der Waals surface area (Å²) in [6.07, 6.45) is 3.43. The van der Waals surface area contributed by atoms with Gasteiger partial charge in [-0.25, -0.2) is 4.79 Å². The fourth-order valence-electron chi connectivity index (χ4n) is 1.72. The van der Waals surface area contributed by atoms with Crippen molar-refractivity contribution in [2.24, 2.45) is 0 Å². The van der Waals surface area contributed by atoms with Gasteiger partial charge in [0.05, 0.1) is 6.61 Å². The quantitative estimate of drug-likeness (QED) is 0.796. The number of para-hydroxylation sites is 1. The standard InChI is InChI=1S/C16H16N2O2/c19-11-5-7-13-6-4-10-15(12-13)18-16(20)17-14-8-2-1-3-9-14/h1-10,12,19H,11H2,(H2,17,18,20). The molecule has 4 nitrogen and oxygen atoms in total. The summed E-state index contributed by atoms with van der Waals surface area (Å²) in [6, 6.07) is 16.3. The number of carbonyl (C=O) groups is 1. The number of hydrogen-bond acceptors (Lipinski definition) is 2. The second kappa shape index (κ2) is 7.11. The molecule has 0 aliphatic rings. The van der Waals surface area contributed by atoms with Crippen molar-refractivity contribution >= 4 is 23.5 Å². The maximum absolute atomic E-state index is 11.8. The minimum atomic E-state index is -0.292. The smallest absolute Gasteiger partial charge is 0.323 e. The van der Waals surface area contributed by atoms with Crippen molar-refractivity contribution in [1.82, 2.24) is 0 Å². The van der Waals surface area contributed by atoms with Crippen LogP contribution in [0.4, 0.5) is 16.2 Å². The molecular weight excluding hydrogens is 252 g/mol. The predicted octanol–water partition coefficient (Wildman–Crippen LogP) is 3.34. The van der Waals surface area contributed by atoms with Crippen LogP contribution in [0.15, 0.2) is 60.7 Å². The first-order chi connectivity index (χ1) is 9.78. The van der Waals surface area contributed by atoms with E-state index < -0.39 is 0 Å². The lowest BCUT2D eigenvalue weighted by Crippen LogP contribution is -2.19. The van der Waals surface area contributed by atoms with Crippen molar-refractivity contribution in [3.63, 3.8) is 0 Å². The summed E-state index contributed by atoms with van der Waals surface area (Å²) >= 11 is 0. The Balaban J connectivity index is 1.99. The molecule has 20 heavy (non-hydrogen) atoms. The van der Waals surface area contributed by atoms with E-state index in [1.807, 2.05) is 48.5 Å². The lowest BCUT2D eigenvalue weighted by atomic mass is 10.2. The molecule has 4 heteroatoms. The first-order valence-electron chi connectivity index (χ1n) is 6.28. The zero-order chi connectivity index (χ0) is 14.2. The molecule has 0 aromatic heterocycles. The molecule has 0 aliphatic heterocycles. The summed E-state index contributed by atoms with van der Waals surface area (Å²) in [4.78, 5) is 11.8. The van der Waals surface area contributed by atoms with Crippen LogP contribution < -0.4 is 10.6 Å². The Kier molecular flexibility index (Phi) is 4.92. The van der Waals surface area contributed by atoms with E-state index in [2.05, 4.69) is 10.6 Å². The average Bonchev–Trinajstić information content (AvgIpc) is 2.46. The van der Waals surface area contributed by atoms with Gasteiger partial charge in [-0.15, -0.1) is 0 Å². The van der Waals surface area contributed by atoms with Crippen LogP contribution in [0.25, 0.3) is 6.08 Å². The number of rotatable bonds is 4. The first-order valence-corrected chi connectivity index (χ1v) is 6.28. The van der Waals surface area contributed by atoms with Gasteiger partial charge < -0.3 is 15.7 Å². The molecule has 0 fully saturated rings. The van der Waals surface area contributed by atoms with Crippen molar-refractivity contribution in [2.75, 3.05) is 17.2 Å². The Hall–Kier alpha value is -2.59. The summed E-state index contributed by atoms with van der Waals surface area (Å²) in [7, 11) is 0. The Morgan fingerprint density at radius 2 is 1.70 bits per heavy atom. The van der Waals surface area contributed by atoms with E-state index in [4.69, 9.17) is 5.11 Å². The van der Waals surface area contributed by atoms with E-state index in [0.717, 1.165) is 11.3 Å². The average molecular weight is 268 g/mol. The van der Waals surface area contributed by atoms with Crippen molar-refractivity contribution in [3.05, 3.63) is 66.2 Å². The van der Waals surface area contributed by atoms with E-state index in [1.165, 1.54) is 0 Å². The van der Waals surface area contributed by atoms with Crippen LogP contribution in [0.2, 0.25) is 0 Å². The van der Waals surface area contributed by atoms with Crippen LogP contribution >= 0.6 is 0 Å². The highest BCUT2D eigenvalue weighted by Gasteiger charge is 2.02. The van der Waals surface area contributed by atoms with E-state index >= 15 is 0 Å². The largest absolute Gasteiger partial charge is 0.392 e. The zero-order valence-corrected chi connectivity index (χ0v) is 10.9. The highest BCUT2D eigenvalue weighted by Crippen LogP contribution is 2.13. The predicted molar refractivity (Wildman–Crippen MR) is 81.6 cm³/mol. The lowest BCUT2D eigenvalue weighted by molar-refractivity contribution is 0.262. The number of benzene rings is 2. The van der Waals surface area contributed by atoms with Gasteiger partial charge in [-0.05, 0) is 29.8 Å². The van der Waals surface area contributed by atoms with Crippen molar-refractivity contribution in [3.8, 4) is 0 Å². The summed E-state index contributed by atoms with van der Waals surface area (Å²) in [5.41, 5.74) is 2.34. The number of aliphatic hydroxyl groups excluding tert-OH is 1. The Morgan fingerprint density at radius 3 is 2.45 bits per heavy atom.